The summed E-state index contributed by atoms with van der Waals surface area (Å²) in [5, 5.41) is 0.285. The molecule has 0 radical (unpaired) electrons. The van der Waals surface area contributed by atoms with Gasteiger partial charge in [0.25, 0.3) is 0 Å². The Labute approximate surface area is 127 Å². The molecule has 0 aromatic rings. The summed E-state index contributed by atoms with van der Waals surface area (Å²) in [5.74, 6) is 0. The molecule has 0 atom stereocenters. The van der Waals surface area contributed by atoms with Crippen LogP contribution in [-0.2, 0) is 19.7 Å². The maximum absolute atomic E-state index is 12.6. The van der Waals surface area contributed by atoms with Crippen LogP contribution in [-0.4, -0.2) is 32.0 Å². The Morgan fingerprint density at radius 1 is 0.714 bits per heavy atom. The van der Waals surface area contributed by atoms with Gasteiger partial charge in [-0.2, -0.15) is 0 Å². The second-order valence-corrected chi connectivity index (χ2v) is 11.1. The van der Waals surface area contributed by atoms with Gasteiger partial charge in [-0.15, -0.1) is 0 Å². The molecule has 21 heavy (non-hydrogen) atoms. The highest BCUT2D eigenvalue weighted by Crippen LogP contribution is 2.30. The molecule has 0 saturated heterocycles. The Bertz CT molecular complexity index is 511. The molecule has 2 aliphatic carbocycles. The first kappa shape index (κ1) is 16.9. The quantitative estimate of drug-likeness (QED) is 0.752. The lowest BCUT2D eigenvalue weighted by molar-refractivity contribution is -0.475. The first-order valence-electron chi connectivity index (χ1n) is 7.75. The predicted molar refractivity (Wildman–Crippen MR) is 79.7 cm³/mol. The Morgan fingerprint density at radius 2 is 1.05 bits per heavy atom. The molecule has 2 rings (SSSR count). The van der Waals surface area contributed by atoms with Gasteiger partial charge in [-0.1, -0.05) is 38.5 Å². The molecule has 122 valence electrons. The molecule has 1 N–H and O–H groups in total. The van der Waals surface area contributed by atoms with Crippen molar-refractivity contribution in [3.63, 3.8) is 0 Å². The molecule has 0 bridgehead atoms. The fourth-order valence-electron chi connectivity index (χ4n) is 3.47. The van der Waals surface area contributed by atoms with E-state index in [-0.39, 0.29) is 0 Å². The molecule has 2 fully saturated rings. The maximum Gasteiger partial charge on any atom is 0.340 e. The third-order valence-electron chi connectivity index (χ3n) is 4.74. The minimum absolute atomic E-state index is 0.487. The Kier molecular flexibility index (Phi) is 5.40. The number of nitrogens with zero attached hydrogens (tertiary/aromatic N) is 1. The highest BCUT2D eigenvalue weighted by molar-refractivity contribution is 8.09. The first-order valence-corrected chi connectivity index (χ1v) is 11.0. The fourth-order valence-corrected chi connectivity index (χ4v) is 8.88. The fraction of sp³-hybridized carbons (Fsp3) is 1.00. The first-order chi connectivity index (χ1) is 9.90. The topological polar surface area (TPSA) is 105 Å². The molecule has 0 aromatic carbocycles. The van der Waals surface area contributed by atoms with Crippen LogP contribution in [0.2, 0.25) is 0 Å². The molecule has 2 aliphatic rings. The lowest BCUT2D eigenvalue weighted by Crippen LogP contribution is -2.79. The Balaban J connectivity index is 2.26. The van der Waals surface area contributed by atoms with Crippen molar-refractivity contribution in [2.24, 2.45) is 0 Å². The van der Waals surface area contributed by atoms with Crippen LogP contribution in [0, 0.1) is 0 Å². The SMILES string of the molecule is [N-]=[NH+]C(S(=O)(=O)C1CCCCC1)S(=O)(=O)C1CCCCC1. The van der Waals surface area contributed by atoms with E-state index >= 15 is 0 Å². The molecule has 0 spiro atoms. The van der Waals surface area contributed by atoms with E-state index in [1.54, 1.807) is 5.11 Å². The normalized spacial score (nSPS) is 23.3. The minimum Gasteiger partial charge on any atom is -0.507 e. The minimum atomic E-state index is -3.93. The van der Waals surface area contributed by atoms with Gasteiger partial charge in [0.2, 0.25) is 19.7 Å². The van der Waals surface area contributed by atoms with E-state index in [0.29, 0.717) is 25.7 Å². The number of hydrogen-bond acceptors (Lipinski definition) is 4. The summed E-state index contributed by atoms with van der Waals surface area (Å²) in [6.07, 6.45) is 7.11. The molecule has 2 saturated carbocycles. The van der Waals surface area contributed by atoms with Crippen molar-refractivity contribution in [2.45, 2.75) is 79.4 Å². The van der Waals surface area contributed by atoms with Gasteiger partial charge in [-0.25, -0.2) is 16.8 Å². The van der Waals surface area contributed by atoms with E-state index in [9.17, 15) is 22.4 Å². The van der Waals surface area contributed by atoms with Crippen molar-refractivity contribution in [3.8, 4) is 0 Å². The van der Waals surface area contributed by atoms with Crippen LogP contribution < -0.4 is 5.11 Å². The summed E-state index contributed by atoms with van der Waals surface area (Å²) in [5.41, 5.74) is 9.25. The zero-order valence-corrected chi connectivity index (χ0v) is 13.8. The summed E-state index contributed by atoms with van der Waals surface area (Å²) in [4.78, 5) is 0. The Morgan fingerprint density at radius 3 is 1.33 bits per heavy atom. The van der Waals surface area contributed by atoms with Crippen molar-refractivity contribution in [1.29, 1.82) is 0 Å². The number of nitrogens with one attached hydrogen (secondary N) is 1. The van der Waals surface area contributed by atoms with Crippen LogP contribution in [0.25, 0.3) is 5.53 Å². The molecule has 0 aromatic heterocycles. The van der Waals surface area contributed by atoms with Gasteiger partial charge in [0.1, 0.15) is 0 Å². The number of rotatable bonds is 5. The van der Waals surface area contributed by atoms with E-state index < -0.39 is 34.9 Å². The summed E-state index contributed by atoms with van der Waals surface area (Å²) in [6, 6.07) is 0. The smallest absolute Gasteiger partial charge is 0.340 e. The second-order valence-electron chi connectivity index (χ2n) is 6.16. The second kappa shape index (κ2) is 6.73. The van der Waals surface area contributed by atoms with Crippen LogP contribution in [0.4, 0.5) is 0 Å². The van der Waals surface area contributed by atoms with E-state index in [4.69, 9.17) is 0 Å². The van der Waals surface area contributed by atoms with Gasteiger partial charge >= 0.3 is 4.71 Å². The molecular weight excluding hydrogens is 312 g/mol. The van der Waals surface area contributed by atoms with Crippen molar-refractivity contribution < 1.29 is 21.9 Å². The maximum atomic E-state index is 12.6. The average molecular weight is 336 g/mol. The number of sulfone groups is 2. The molecule has 0 amide bonds. The summed E-state index contributed by atoms with van der Waals surface area (Å²) in [6.45, 7) is 0. The largest absolute Gasteiger partial charge is 0.507 e. The molecule has 8 heteroatoms. The highest BCUT2D eigenvalue weighted by Gasteiger charge is 2.48. The average Bonchev–Trinajstić information content (AvgIpc) is 2.49. The zero-order chi connectivity index (χ0) is 15.5. The van der Waals surface area contributed by atoms with Crippen LogP contribution in [0.1, 0.15) is 64.2 Å². The molecule has 0 aliphatic heterocycles. The molecular formula is C13H24N2O4S2. The summed E-state index contributed by atoms with van der Waals surface area (Å²) in [7, 11) is -7.86. The van der Waals surface area contributed by atoms with Crippen LogP contribution in [0.5, 0.6) is 0 Å². The molecule has 6 nitrogen and oxygen atoms in total. The monoisotopic (exact) mass is 336 g/mol. The lowest BCUT2D eigenvalue weighted by atomic mass is 10.0. The van der Waals surface area contributed by atoms with E-state index in [1.165, 1.54) is 0 Å². The number of hydrogen-bond donors (Lipinski definition) is 1. The van der Waals surface area contributed by atoms with Crippen molar-refractivity contribution in [1.82, 2.24) is 0 Å². The van der Waals surface area contributed by atoms with Gasteiger partial charge in [0, 0.05) is 0 Å². The van der Waals surface area contributed by atoms with Gasteiger partial charge < -0.3 is 10.6 Å². The third-order valence-corrected chi connectivity index (χ3v) is 10.6. The van der Waals surface area contributed by atoms with Gasteiger partial charge in [0.15, 0.2) is 0 Å². The molecule has 0 unspecified atom stereocenters. The zero-order valence-electron chi connectivity index (χ0n) is 12.2. The van der Waals surface area contributed by atoms with Crippen molar-refractivity contribution in [2.75, 3.05) is 0 Å². The van der Waals surface area contributed by atoms with Crippen LogP contribution in [0.3, 0.4) is 0 Å². The Hall–Kier alpha value is -0.500. The van der Waals surface area contributed by atoms with Crippen molar-refractivity contribution in [3.05, 3.63) is 5.53 Å². The highest BCUT2D eigenvalue weighted by atomic mass is 32.3. The van der Waals surface area contributed by atoms with E-state index in [2.05, 4.69) is 0 Å². The van der Waals surface area contributed by atoms with Gasteiger partial charge in [-0.3, -0.25) is 0 Å². The standard InChI is InChI=1S/C13H24N2O4S2/c14-15-13(20(16,17)11-7-3-1-4-8-11)21(18,19)12-9-5-2-6-10-12/h11-13,15H,1-10H2. The lowest BCUT2D eigenvalue weighted by Gasteiger charge is -2.27. The van der Waals surface area contributed by atoms with Crippen LogP contribution >= 0.6 is 0 Å². The third kappa shape index (κ3) is 3.47. The van der Waals surface area contributed by atoms with E-state index in [0.717, 1.165) is 38.5 Å². The van der Waals surface area contributed by atoms with E-state index in [1.807, 2.05) is 0 Å². The summed E-state index contributed by atoms with van der Waals surface area (Å²) >= 11 is 0. The van der Waals surface area contributed by atoms with Gasteiger partial charge in [-0.05, 0) is 25.7 Å². The van der Waals surface area contributed by atoms with Crippen molar-refractivity contribution >= 4 is 19.7 Å². The predicted octanol–water partition coefficient (Wildman–Crippen LogP) is 0.867. The van der Waals surface area contributed by atoms with Gasteiger partial charge in [0.05, 0.1) is 10.5 Å². The molecule has 0 heterocycles. The summed E-state index contributed by atoms with van der Waals surface area (Å²) < 4.78 is 48.6. The van der Waals surface area contributed by atoms with Crippen LogP contribution in [0.15, 0.2) is 0 Å².